The molecular formula is C12H17BrN2O. The maximum atomic E-state index is 5.72. The van der Waals surface area contributed by atoms with Crippen LogP contribution in [0, 0.1) is 12.3 Å². The van der Waals surface area contributed by atoms with Gasteiger partial charge in [0, 0.05) is 6.54 Å². The molecule has 1 aromatic rings. The number of rotatable bonds is 6. The van der Waals surface area contributed by atoms with Crippen LogP contribution in [-0.4, -0.2) is 12.6 Å². The lowest BCUT2D eigenvalue weighted by Crippen LogP contribution is -2.35. The molecule has 1 aromatic heterocycles. The van der Waals surface area contributed by atoms with Gasteiger partial charge in [0.15, 0.2) is 0 Å². The van der Waals surface area contributed by atoms with E-state index in [0.717, 1.165) is 23.1 Å². The lowest BCUT2D eigenvalue weighted by Gasteiger charge is -2.19. The van der Waals surface area contributed by atoms with Gasteiger partial charge in [-0.15, -0.1) is 6.42 Å². The monoisotopic (exact) mass is 284 g/mol. The Labute approximate surface area is 105 Å². The van der Waals surface area contributed by atoms with Crippen LogP contribution in [0.1, 0.15) is 31.6 Å². The maximum Gasteiger partial charge on any atom is 0.136 e. The largest absolute Gasteiger partial charge is 0.466 e. The van der Waals surface area contributed by atoms with E-state index in [2.05, 4.69) is 34.1 Å². The Morgan fingerprint density at radius 2 is 2.44 bits per heavy atom. The van der Waals surface area contributed by atoms with Crippen LogP contribution in [0.2, 0.25) is 0 Å². The lowest BCUT2D eigenvalue weighted by molar-refractivity contribution is 0.391. The van der Waals surface area contributed by atoms with Crippen LogP contribution >= 0.6 is 15.9 Å². The van der Waals surface area contributed by atoms with E-state index in [4.69, 9.17) is 16.6 Å². The third kappa shape index (κ3) is 3.38. The second-order valence-corrected chi connectivity index (χ2v) is 4.45. The number of terminal acetylenes is 1. The molecule has 1 heterocycles. The van der Waals surface area contributed by atoms with Crippen LogP contribution in [-0.2, 0) is 0 Å². The lowest BCUT2D eigenvalue weighted by atomic mass is 10.1. The molecule has 3 N–H and O–H groups in total. The van der Waals surface area contributed by atoms with Gasteiger partial charge in [-0.25, -0.2) is 0 Å². The van der Waals surface area contributed by atoms with Crippen LogP contribution < -0.4 is 11.1 Å². The summed E-state index contributed by atoms with van der Waals surface area (Å²) in [7, 11) is 0. The predicted molar refractivity (Wildman–Crippen MR) is 68.9 cm³/mol. The molecule has 0 aromatic carbocycles. The van der Waals surface area contributed by atoms with Crippen molar-refractivity contribution < 1.29 is 4.42 Å². The SMILES string of the molecule is C#CC(CCC)NC(CN)c1occc1Br. The summed E-state index contributed by atoms with van der Waals surface area (Å²) in [6.07, 6.45) is 9.07. The second kappa shape index (κ2) is 6.74. The Kier molecular flexibility index (Phi) is 5.61. The third-order valence-corrected chi connectivity index (χ3v) is 3.03. The summed E-state index contributed by atoms with van der Waals surface area (Å²) in [4.78, 5) is 0. The van der Waals surface area contributed by atoms with Gasteiger partial charge in [-0.05, 0) is 28.4 Å². The standard InChI is InChI=1S/C12H17BrN2O/c1-3-5-9(4-2)15-11(8-14)12-10(13)6-7-16-12/h2,6-7,9,11,15H,3,5,8,14H2,1H3. The van der Waals surface area contributed by atoms with E-state index >= 15 is 0 Å². The highest BCUT2D eigenvalue weighted by Gasteiger charge is 2.18. The molecular weight excluding hydrogens is 268 g/mol. The molecule has 88 valence electrons. The number of nitrogens with one attached hydrogen (secondary N) is 1. The zero-order valence-electron chi connectivity index (χ0n) is 9.37. The minimum Gasteiger partial charge on any atom is -0.466 e. The van der Waals surface area contributed by atoms with E-state index in [1.54, 1.807) is 6.26 Å². The topological polar surface area (TPSA) is 51.2 Å². The Morgan fingerprint density at radius 1 is 1.69 bits per heavy atom. The van der Waals surface area contributed by atoms with Gasteiger partial charge in [0.25, 0.3) is 0 Å². The quantitative estimate of drug-likeness (QED) is 0.789. The molecule has 0 fully saturated rings. The molecule has 4 heteroatoms. The van der Waals surface area contributed by atoms with Gasteiger partial charge in [-0.1, -0.05) is 19.3 Å². The first-order valence-electron chi connectivity index (χ1n) is 5.38. The first-order valence-corrected chi connectivity index (χ1v) is 6.17. The number of hydrogen-bond acceptors (Lipinski definition) is 3. The third-order valence-electron chi connectivity index (χ3n) is 2.38. The molecule has 0 aliphatic carbocycles. The smallest absolute Gasteiger partial charge is 0.136 e. The summed E-state index contributed by atoms with van der Waals surface area (Å²) in [5.41, 5.74) is 5.72. The average molecular weight is 285 g/mol. The zero-order valence-corrected chi connectivity index (χ0v) is 11.0. The first kappa shape index (κ1) is 13.3. The highest BCUT2D eigenvalue weighted by molar-refractivity contribution is 9.10. The van der Waals surface area contributed by atoms with Crippen LogP contribution in [0.25, 0.3) is 0 Å². The van der Waals surface area contributed by atoms with Crippen LogP contribution in [0.3, 0.4) is 0 Å². The first-order chi connectivity index (χ1) is 7.72. The second-order valence-electron chi connectivity index (χ2n) is 3.60. The van der Waals surface area contributed by atoms with Gasteiger partial charge in [0.2, 0.25) is 0 Å². The Balaban J connectivity index is 2.69. The molecule has 0 saturated heterocycles. The van der Waals surface area contributed by atoms with E-state index in [-0.39, 0.29) is 12.1 Å². The normalized spacial score (nSPS) is 14.4. The van der Waals surface area contributed by atoms with Crippen molar-refractivity contribution in [1.29, 1.82) is 0 Å². The minimum atomic E-state index is -0.0445. The van der Waals surface area contributed by atoms with Crippen molar-refractivity contribution in [3.63, 3.8) is 0 Å². The average Bonchev–Trinajstić information content (AvgIpc) is 2.71. The maximum absolute atomic E-state index is 5.72. The van der Waals surface area contributed by atoms with Crippen molar-refractivity contribution >= 4 is 15.9 Å². The van der Waals surface area contributed by atoms with Gasteiger partial charge in [0.1, 0.15) is 5.76 Å². The van der Waals surface area contributed by atoms with Crippen molar-refractivity contribution in [3.05, 3.63) is 22.6 Å². The van der Waals surface area contributed by atoms with E-state index in [9.17, 15) is 0 Å². The predicted octanol–water partition coefficient (Wildman–Crippen LogP) is 2.43. The Hall–Kier alpha value is -0.760. The summed E-state index contributed by atoms with van der Waals surface area (Å²) in [6.45, 7) is 2.56. The van der Waals surface area contributed by atoms with E-state index < -0.39 is 0 Å². The van der Waals surface area contributed by atoms with Gasteiger partial charge in [-0.2, -0.15) is 0 Å². The van der Waals surface area contributed by atoms with Gasteiger partial charge in [-0.3, -0.25) is 5.32 Å². The number of hydrogen-bond donors (Lipinski definition) is 2. The van der Waals surface area contributed by atoms with Gasteiger partial charge >= 0.3 is 0 Å². The zero-order chi connectivity index (χ0) is 12.0. The molecule has 1 rings (SSSR count). The highest BCUT2D eigenvalue weighted by Crippen LogP contribution is 2.24. The molecule has 0 spiro atoms. The fourth-order valence-corrected chi connectivity index (χ4v) is 2.03. The highest BCUT2D eigenvalue weighted by atomic mass is 79.9. The van der Waals surface area contributed by atoms with Crippen molar-refractivity contribution in [2.24, 2.45) is 5.73 Å². The van der Waals surface area contributed by atoms with E-state index in [0.29, 0.717) is 6.54 Å². The summed E-state index contributed by atoms with van der Waals surface area (Å²) >= 11 is 3.42. The van der Waals surface area contributed by atoms with Crippen LogP contribution in [0.5, 0.6) is 0 Å². The van der Waals surface area contributed by atoms with E-state index in [1.807, 2.05) is 6.07 Å². The molecule has 0 radical (unpaired) electrons. The summed E-state index contributed by atoms with van der Waals surface area (Å²) < 4.78 is 6.30. The molecule has 2 unspecified atom stereocenters. The van der Waals surface area contributed by atoms with Crippen molar-refractivity contribution in [3.8, 4) is 12.3 Å². The molecule has 0 bridgehead atoms. The summed E-state index contributed by atoms with van der Waals surface area (Å²) in [5, 5.41) is 3.31. The van der Waals surface area contributed by atoms with Crippen molar-refractivity contribution in [2.45, 2.75) is 31.8 Å². The summed E-state index contributed by atoms with van der Waals surface area (Å²) in [5.74, 6) is 3.53. The fourth-order valence-electron chi connectivity index (χ4n) is 1.55. The minimum absolute atomic E-state index is 0.0375. The molecule has 3 nitrogen and oxygen atoms in total. The van der Waals surface area contributed by atoms with Crippen molar-refractivity contribution in [2.75, 3.05) is 6.54 Å². The number of halogens is 1. The Bertz CT molecular complexity index is 356. The Morgan fingerprint density at radius 3 is 2.88 bits per heavy atom. The molecule has 0 aliphatic heterocycles. The molecule has 16 heavy (non-hydrogen) atoms. The summed E-state index contributed by atoms with van der Waals surface area (Å²) in [6, 6.07) is 1.84. The number of furan rings is 1. The van der Waals surface area contributed by atoms with Crippen LogP contribution in [0.15, 0.2) is 21.2 Å². The van der Waals surface area contributed by atoms with E-state index in [1.165, 1.54) is 0 Å². The molecule has 2 atom stereocenters. The van der Waals surface area contributed by atoms with Crippen molar-refractivity contribution in [1.82, 2.24) is 5.32 Å². The molecule has 0 amide bonds. The van der Waals surface area contributed by atoms with Crippen LogP contribution in [0.4, 0.5) is 0 Å². The molecule has 0 saturated carbocycles. The van der Waals surface area contributed by atoms with Gasteiger partial charge in [0.05, 0.1) is 22.8 Å². The van der Waals surface area contributed by atoms with Gasteiger partial charge < -0.3 is 10.2 Å². The fraction of sp³-hybridized carbons (Fsp3) is 0.500. The molecule has 0 aliphatic rings. The number of nitrogens with two attached hydrogens (primary N) is 1.